The Morgan fingerprint density at radius 3 is 2.78 bits per heavy atom. The summed E-state index contributed by atoms with van der Waals surface area (Å²) in [5, 5.41) is 8.89. The predicted octanol–water partition coefficient (Wildman–Crippen LogP) is 0.925. The van der Waals surface area contributed by atoms with E-state index in [-0.39, 0.29) is 11.8 Å². The molecule has 1 saturated heterocycles. The van der Waals surface area contributed by atoms with Crippen molar-refractivity contribution in [2.75, 3.05) is 25.1 Å². The molecule has 2 heterocycles. The molecule has 2 rings (SSSR count). The summed E-state index contributed by atoms with van der Waals surface area (Å²) in [4.78, 5) is 20.5. The lowest BCUT2D eigenvalue weighted by molar-refractivity contribution is -0.142. The Labute approximate surface area is 103 Å². The normalized spacial score (nSPS) is 16.7. The zero-order valence-electron chi connectivity index (χ0n) is 9.97. The van der Waals surface area contributed by atoms with Crippen molar-refractivity contribution in [3.05, 3.63) is 12.0 Å². The lowest BCUT2D eigenvalue weighted by Crippen LogP contribution is -2.37. The number of carbonyl (C=O) groups is 1. The van der Waals surface area contributed by atoms with Crippen molar-refractivity contribution >= 4 is 11.9 Å². The summed E-state index contributed by atoms with van der Waals surface area (Å²) in [6, 6.07) is 0. The van der Waals surface area contributed by atoms with E-state index >= 15 is 0 Å². The Bertz CT molecular complexity index is 447. The first kappa shape index (κ1) is 12.5. The van der Waals surface area contributed by atoms with E-state index in [1.54, 1.807) is 0 Å². The number of aliphatic carboxylic acids is 1. The molecular formula is C11H14FN3O3. The number of carboxylic acid groups (broad SMARTS) is 1. The van der Waals surface area contributed by atoms with Crippen LogP contribution in [0.15, 0.2) is 6.20 Å². The van der Waals surface area contributed by atoms with E-state index in [1.165, 1.54) is 7.11 Å². The van der Waals surface area contributed by atoms with Gasteiger partial charge in [-0.05, 0) is 12.8 Å². The summed E-state index contributed by atoms with van der Waals surface area (Å²) in [5.74, 6) is -1.42. The number of halogens is 1. The van der Waals surface area contributed by atoms with E-state index in [4.69, 9.17) is 9.84 Å². The minimum absolute atomic E-state index is 0.0969. The lowest BCUT2D eigenvalue weighted by Gasteiger charge is -2.30. The van der Waals surface area contributed by atoms with Crippen molar-refractivity contribution in [3.63, 3.8) is 0 Å². The molecule has 1 fully saturated rings. The van der Waals surface area contributed by atoms with Gasteiger partial charge >= 0.3 is 5.97 Å². The monoisotopic (exact) mass is 255 g/mol. The molecule has 18 heavy (non-hydrogen) atoms. The standard InChI is InChI=1S/C11H14FN3O3/c1-18-9-8(12)6-13-11(14-9)15-4-2-7(3-5-15)10(16)17/h6-7H,2-5H2,1H3,(H,16,17). The van der Waals surface area contributed by atoms with Gasteiger partial charge in [0, 0.05) is 13.1 Å². The fourth-order valence-corrected chi connectivity index (χ4v) is 1.96. The van der Waals surface area contributed by atoms with E-state index in [2.05, 4.69) is 9.97 Å². The molecule has 1 N–H and O–H groups in total. The summed E-state index contributed by atoms with van der Waals surface area (Å²) in [7, 11) is 1.34. The summed E-state index contributed by atoms with van der Waals surface area (Å²) in [6.45, 7) is 1.09. The minimum Gasteiger partial charge on any atom is -0.481 e. The first-order valence-electron chi connectivity index (χ1n) is 5.66. The Hall–Kier alpha value is -1.92. The van der Waals surface area contributed by atoms with Crippen LogP contribution in [-0.2, 0) is 4.79 Å². The number of anilines is 1. The molecule has 1 aliphatic heterocycles. The van der Waals surface area contributed by atoms with Gasteiger partial charge < -0.3 is 14.7 Å². The number of hydrogen-bond donors (Lipinski definition) is 1. The van der Waals surface area contributed by atoms with Gasteiger partial charge in [-0.3, -0.25) is 4.79 Å². The number of ether oxygens (including phenoxy) is 1. The molecule has 7 heteroatoms. The molecule has 98 valence electrons. The summed E-state index contributed by atoms with van der Waals surface area (Å²) in [5.41, 5.74) is 0. The largest absolute Gasteiger partial charge is 0.481 e. The molecule has 1 aromatic rings. The van der Waals surface area contributed by atoms with Crippen LogP contribution in [-0.4, -0.2) is 41.2 Å². The Kier molecular flexibility index (Phi) is 3.59. The van der Waals surface area contributed by atoms with Crippen molar-refractivity contribution in [1.29, 1.82) is 0 Å². The quantitative estimate of drug-likeness (QED) is 0.865. The average molecular weight is 255 g/mol. The van der Waals surface area contributed by atoms with Gasteiger partial charge in [-0.25, -0.2) is 4.98 Å². The highest BCUT2D eigenvalue weighted by atomic mass is 19.1. The molecule has 0 atom stereocenters. The molecule has 0 spiro atoms. The number of hydrogen-bond acceptors (Lipinski definition) is 5. The second-order valence-electron chi connectivity index (χ2n) is 4.13. The number of piperidine rings is 1. The highest BCUT2D eigenvalue weighted by Crippen LogP contribution is 2.22. The number of nitrogens with zero attached hydrogens (tertiary/aromatic N) is 3. The molecule has 0 bridgehead atoms. The van der Waals surface area contributed by atoms with Gasteiger partial charge in [0.1, 0.15) is 0 Å². The zero-order chi connectivity index (χ0) is 13.1. The van der Waals surface area contributed by atoms with Crippen molar-refractivity contribution in [1.82, 2.24) is 9.97 Å². The molecule has 0 saturated carbocycles. The molecule has 0 radical (unpaired) electrons. The molecule has 6 nitrogen and oxygen atoms in total. The third-order valence-corrected chi connectivity index (χ3v) is 3.02. The second kappa shape index (κ2) is 5.16. The first-order valence-corrected chi connectivity index (χ1v) is 5.66. The maximum Gasteiger partial charge on any atom is 0.306 e. The van der Waals surface area contributed by atoms with E-state index in [0.29, 0.717) is 31.9 Å². The van der Waals surface area contributed by atoms with Crippen molar-refractivity contribution < 1.29 is 19.0 Å². The van der Waals surface area contributed by atoms with Crippen LogP contribution >= 0.6 is 0 Å². The van der Waals surface area contributed by atoms with Gasteiger partial charge in [-0.15, -0.1) is 0 Å². The van der Waals surface area contributed by atoms with E-state index in [1.807, 2.05) is 4.90 Å². The lowest BCUT2D eigenvalue weighted by atomic mass is 9.97. The van der Waals surface area contributed by atoms with Crippen LogP contribution < -0.4 is 9.64 Å². The fraction of sp³-hybridized carbons (Fsp3) is 0.545. The third-order valence-electron chi connectivity index (χ3n) is 3.02. The highest BCUT2D eigenvalue weighted by molar-refractivity contribution is 5.70. The van der Waals surface area contributed by atoms with Crippen LogP contribution in [0.2, 0.25) is 0 Å². The maximum atomic E-state index is 13.2. The smallest absolute Gasteiger partial charge is 0.306 e. The third kappa shape index (κ3) is 2.49. The topological polar surface area (TPSA) is 75.5 Å². The van der Waals surface area contributed by atoms with Crippen molar-refractivity contribution in [2.45, 2.75) is 12.8 Å². The van der Waals surface area contributed by atoms with Crippen molar-refractivity contribution in [2.24, 2.45) is 5.92 Å². The summed E-state index contributed by atoms with van der Waals surface area (Å²) >= 11 is 0. The van der Waals surface area contributed by atoms with Crippen molar-refractivity contribution in [3.8, 4) is 5.88 Å². The van der Waals surface area contributed by atoms with E-state index in [0.717, 1.165) is 6.20 Å². The first-order chi connectivity index (χ1) is 8.61. The van der Waals surface area contributed by atoms with Gasteiger partial charge in [-0.2, -0.15) is 9.37 Å². The molecule has 0 unspecified atom stereocenters. The Morgan fingerprint density at radius 2 is 2.22 bits per heavy atom. The Morgan fingerprint density at radius 1 is 1.56 bits per heavy atom. The SMILES string of the molecule is COc1nc(N2CCC(C(=O)O)CC2)ncc1F. The minimum atomic E-state index is -0.771. The van der Waals surface area contributed by atoms with Crippen LogP contribution in [0.25, 0.3) is 0 Å². The van der Waals surface area contributed by atoms with Crippen LogP contribution in [0.3, 0.4) is 0 Å². The van der Waals surface area contributed by atoms with Gasteiger partial charge in [0.25, 0.3) is 5.88 Å². The molecule has 1 aromatic heterocycles. The molecule has 0 amide bonds. The Balaban J connectivity index is 2.07. The van der Waals surface area contributed by atoms with Crippen LogP contribution in [0, 0.1) is 11.7 Å². The molecule has 0 aliphatic carbocycles. The summed E-state index contributed by atoms with van der Waals surface area (Å²) in [6.07, 6.45) is 2.14. The van der Waals surface area contributed by atoms with E-state index < -0.39 is 11.8 Å². The molecule has 0 aromatic carbocycles. The summed E-state index contributed by atoms with van der Waals surface area (Å²) < 4.78 is 17.9. The van der Waals surface area contributed by atoms with Gasteiger partial charge in [0.15, 0.2) is 0 Å². The second-order valence-corrected chi connectivity index (χ2v) is 4.13. The van der Waals surface area contributed by atoms with Crippen LogP contribution in [0.4, 0.5) is 10.3 Å². The zero-order valence-corrected chi connectivity index (χ0v) is 9.97. The highest BCUT2D eigenvalue weighted by Gasteiger charge is 2.26. The van der Waals surface area contributed by atoms with Crippen LogP contribution in [0.5, 0.6) is 5.88 Å². The number of rotatable bonds is 3. The molecule has 1 aliphatic rings. The number of aromatic nitrogens is 2. The molecular weight excluding hydrogens is 241 g/mol. The van der Waals surface area contributed by atoms with Crippen LogP contribution in [0.1, 0.15) is 12.8 Å². The van der Waals surface area contributed by atoms with E-state index in [9.17, 15) is 9.18 Å². The number of carboxylic acids is 1. The predicted molar refractivity (Wildman–Crippen MR) is 61.1 cm³/mol. The fourth-order valence-electron chi connectivity index (χ4n) is 1.96. The maximum absolute atomic E-state index is 13.2. The van der Waals surface area contributed by atoms with Gasteiger partial charge in [-0.1, -0.05) is 0 Å². The average Bonchev–Trinajstić information content (AvgIpc) is 2.39. The van der Waals surface area contributed by atoms with Gasteiger partial charge in [0.2, 0.25) is 11.8 Å². The van der Waals surface area contributed by atoms with Gasteiger partial charge in [0.05, 0.1) is 19.2 Å². The number of methoxy groups -OCH3 is 1.